The van der Waals surface area contributed by atoms with Crippen molar-refractivity contribution >= 4 is 71.1 Å². The number of rotatable bonds is 45. The number of aliphatic carboxylic acids is 3. The van der Waals surface area contributed by atoms with Crippen LogP contribution in [0.5, 0.6) is 5.75 Å². The summed E-state index contributed by atoms with van der Waals surface area (Å²) in [5.41, 5.74) is 1.61. The Labute approximate surface area is 554 Å². The number of cyclic esters (lactones) is 2. The normalized spacial score (nSPS) is 20.0. The van der Waals surface area contributed by atoms with Gasteiger partial charge in [0.05, 0.1) is 103 Å². The van der Waals surface area contributed by atoms with Crippen LogP contribution in [0.4, 0.5) is 0 Å². The topological polar surface area (TPSA) is 370 Å². The summed E-state index contributed by atoms with van der Waals surface area (Å²) in [4.78, 5) is 170. The van der Waals surface area contributed by atoms with Gasteiger partial charge < -0.3 is 73.1 Å². The molecule has 15 atom stereocenters. The fraction of sp³-hybridized carbons (Fsp3) is 0.642. The second kappa shape index (κ2) is 38.8. The first-order chi connectivity index (χ1) is 45.0. The largest absolute Gasteiger partial charge is 0.490 e. The average molecular weight is 1340 g/mol. The fourth-order valence-corrected chi connectivity index (χ4v) is 12.6. The molecule has 0 aliphatic carbocycles. The Bertz CT molecular complexity index is 2930. The summed E-state index contributed by atoms with van der Waals surface area (Å²) in [6, 6.07) is 12.7. The van der Waals surface area contributed by atoms with Gasteiger partial charge in [-0.2, -0.15) is 0 Å². The summed E-state index contributed by atoms with van der Waals surface area (Å²) in [6.07, 6.45) is -9.52. The third-order valence-corrected chi connectivity index (χ3v) is 17.7. The molecular weight excluding hydrogens is 1240 g/mol. The van der Waals surface area contributed by atoms with Crippen LogP contribution in [-0.2, 0) is 85.8 Å². The molecule has 2 aromatic rings. The molecule has 0 radical (unpaired) electrons. The number of hydrogen-bond acceptors (Lipinski definition) is 23. The molecule has 0 bridgehead atoms. The van der Waals surface area contributed by atoms with Gasteiger partial charge in [0, 0.05) is 59.8 Å². The molecule has 2 saturated heterocycles. The van der Waals surface area contributed by atoms with Crippen LogP contribution in [0.25, 0.3) is 0 Å². The number of ketones is 2. The van der Waals surface area contributed by atoms with Crippen molar-refractivity contribution in [2.45, 2.75) is 110 Å². The number of likely N-dealkylation sites (tertiary alicyclic amines) is 1. The minimum Gasteiger partial charge on any atom is -0.490 e. The zero-order valence-electron chi connectivity index (χ0n) is 56.6. The summed E-state index contributed by atoms with van der Waals surface area (Å²) < 4.78 is 50.8. The van der Waals surface area contributed by atoms with Crippen molar-refractivity contribution in [3.8, 4) is 5.75 Å². The average Bonchev–Trinajstić information content (AvgIpc) is 1.66. The van der Waals surface area contributed by atoms with Crippen molar-refractivity contribution < 1.29 is 115 Å². The summed E-state index contributed by atoms with van der Waals surface area (Å²) in [5.74, 6) is -28.1. The smallest absolute Gasteiger partial charge is 0.320 e. The maximum atomic E-state index is 15.1. The lowest BCUT2D eigenvalue weighted by Crippen LogP contribution is -2.49. The highest BCUT2D eigenvalue weighted by molar-refractivity contribution is 6.13. The fourth-order valence-electron chi connectivity index (χ4n) is 12.6. The molecule has 28 heteroatoms. The van der Waals surface area contributed by atoms with E-state index < -0.39 is 187 Å². The highest BCUT2D eigenvalue weighted by Crippen LogP contribution is 2.42. The first kappa shape index (κ1) is 79.8. The van der Waals surface area contributed by atoms with E-state index >= 15 is 9.59 Å². The lowest BCUT2D eigenvalue weighted by atomic mass is 9.73. The third-order valence-electron chi connectivity index (χ3n) is 17.7. The zero-order chi connectivity index (χ0) is 71.0. The number of imide groups is 1. The predicted molar refractivity (Wildman–Crippen MR) is 337 cm³/mol. The van der Waals surface area contributed by atoms with Gasteiger partial charge in [-0.1, -0.05) is 43.7 Å². The molecule has 2 aliphatic heterocycles. The molecular formula is C67H96N4O24. The molecule has 4 rings (SSSR count). The van der Waals surface area contributed by atoms with Gasteiger partial charge in [0.25, 0.3) is 0 Å². The number of carboxylic acids is 3. The Morgan fingerprint density at radius 1 is 0.589 bits per heavy atom. The van der Waals surface area contributed by atoms with Crippen molar-refractivity contribution in [1.82, 2.24) is 20.0 Å². The maximum Gasteiger partial charge on any atom is 0.320 e. The number of nitrogens with one attached hydrogen (secondary N) is 1. The third kappa shape index (κ3) is 22.0. The highest BCUT2D eigenvalue weighted by atomic mass is 16.6. The predicted octanol–water partition coefficient (Wildman–Crippen LogP) is 3.89. The van der Waals surface area contributed by atoms with E-state index in [1.54, 1.807) is 45.3 Å². The molecule has 28 nitrogen and oxygen atoms in total. The molecule has 4 N–H and O–H groups in total. The van der Waals surface area contributed by atoms with Gasteiger partial charge in [-0.05, 0) is 124 Å². The molecule has 528 valence electrons. The van der Waals surface area contributed by atoms with Crippen LogP contribution in [0.1, 0.15) is 98.4 Å². The molecule has 2 heterocycles. The van der Waals surface area contributed by atoms with Crippen molar-refractivity contribution in [2.75, 3.05) is 110 Å². The number of nitrogens with zero attached hydrogens (tertiary/aromatic N) is 3. The second-order valence-corrected chi connectivity index (χ2v) is 24.4. The van der Waals surface area contributed by atoms with Crippen LogP contribution in [0.15, 0.2) is 48.5 Å². The van der Waals surface area contributed by atoms with Crippen LogP contribution >= 0.6 is 0 Å². The number of carbonyl (C=O) groups excluding carboxylic acids is 9. The minimum absolute atomic E-state index is 0.0467. The Hall–Kier alpha value is -7.60. The highest BCUT2D eigenvalue weighted by Gasteiger charge is 2.57. The first-order valence-corrected chi connectivity index (χ1v) is 31.8. The Kier molecular flexibility index (Phi) is 32.6. The summed E-state index contributed by atoms with van der Waals surface area (Å²) in [7, 11) is 13.0. The van der Waals surface area contributed by atoms with Gasteiger partial charge >= 0.3 is 41.8 Å². The van der Waals surface area contributed by atoms with Gasteiger partial charge in [0.15, 0.2) is 11.6 Å². The standard InChI is InChI=1S/C67H96N4O24/c1-14-48(87-9)56(66(85)94-31-30-93-41-24-22-40(23-25-41)47(73)36-46(72)39-20-18-37(3)19-21-39)44(62(79)80)35-52(91-13)57(65(84)92-15-2)45(63(81)82)34-51(90-12)55-42(59(75)71(60(55)76)29-17-28-70(7)8)32-50(89-11)54(58(74)68-26-16-27-69(5)6)43(61(77)78)33-49(88-10)53-38(4)64(83)95-67(53)86/h18-25,38,42-45,48-57H,14-17,26-36H2,1-13H3,(H,68,74)(H,77,78)(H,79,80)(H,81,82). The van der Waals surface area contributed by atoms with Gasteiger partial charge in [-0.15, -0.1) is 0 Å². The number of aryl methyl sites for hydroxylation is 1. The Balaban J connectivity index is 1.72. The quantitative estimate of drug-likeness (QED) is 0.0182. The van der Waals surface area contributed by atoms with E-state index in [1.165, 1.54) is 59.4 Å². The van der Waals surface area contributed by atoms with Crippen molar-refractivity contribution in [1.29, 1.82) is 0 Å². The van der Waals surface area contributed by atoms with Crippen molar-refractivity contribution in [3.63, 3.8) is 0 Å². The zero-order valence-corrected chi connectivity index (χ0v) is 56.6. The molecule has 3 amide bonds. The van der Waals surface area contributed by atoms with E-state index in [9.17, 15) is 63.3 Å². The number of benzene rings is 2. The van der Waals surface area contributed by atoms with Crippen molar-refractivity contribution in [3.05, 3.63) is 65.2 Å². The molecule has 0 saturated carbocycles. The molecule has 2 fully saturated rings. The van der Waals surface area contributed by atoms with Crippen LogP contribution in [0.3, 0.4) is 0 Å². The maximum absolute atomic E-state index is 15.1. The number of carboxylic acid groups (broad SMARTS) is 3. The summed E-state index contributed by atoms with van der Waals surface area (Å²) in [6.45, 7) is 6.16. The number of Topliss-reactive ketones (excluding diaryl/α,β-unsaturated/α-hetero) is 2. The van der Waals surface area contributed by atoms with Crippen LogP contribution in [0.2, 0.25) is 0 Å². The van der Waals surface area contributed by atoms with Gasteiger partial charge in [0.1, 0.15) is 19.0 Å². The number of methoxy groups -OCH3 is 5. The molecule has 2 aromatic carbocycles. The lowest BCUT2D eigenvalue weighted by Gasteiger charge is -2.36. The molecule has 0 aromatic heterocycles. The monoisotopic (exact) mass is 1340 g/mol. The van der Waals surface area contributed by atoms with Crippen LogP contribution < -0.4 is 10.1 Å². The minimum atomic E-state index is -1.97. The first-order valence-electron chi connectivity index (χ1n) is 31.8. The van der Waals surface area contributed by atoms with Gasteiger partial charge in [0.2, 0.25) is 17.7 Å². The van der Waals surface area contributed by atoms with E-state index in [1.807, 2.05) is 30.8 Å². The van der Waals surface area contributed by atoms with Crippen molar-refractivity contribution in [2.24, 2.45) is 59.2 Å². The Morgan fingerprint density at radius 2 is 1.08 bits per heavy atom. The van der Waals surface area contributed by atoms with Gasteiger partial charge in [-0.3, -0.25) is 62.4 Å². The lowest BCUT2D eigenvalue weighted by molar-refractivity contribution is -0.172. The summed E-state index contributed by atoms with van der Waals surface area (Å²) in [5, 5.41) is 36.1. The van der Waals surface area contributed by atoms with Gasteiger partial charge in [-0.25, -0.2) is 0 Å². The number of hydrogen-bond donors (Lipinski definition) is 4. The number of ether oxygens (including phenoxy) is 9. The molecule has 0 spiro atoms. The van der Waals surface area contributed by atoms with Crippen LogP contribution in [-0.4, -0.2) is 241 Å². The van der Waals surface area contributed by atoms with E-state index in [-0.39, 0.29) is 62.7 Å². The number of amides is 3. The van der Waals surface area contributed by atoms with E-state index in [2.05, 4.69) is 5.32 Å². The molecule has 15 unspecified atom stereocenters. The van der Waals surface area contributed by atoms with E-state index in [0.717, 1.165) is 24.7 Å². The number of esters is 4. The molecule has 2 aliphatic rings. The summed E-state index contributed by atoms with van der Waals surface area (Å²) >= 11 is 0. The SMILES string of the molecule is CCOC(=O)C(C(CC(C(=O)O)C(C(=O)OCCOc1ccc(C(=O)CC(=O)c2ccc(C)cc2)cc1)C(CC)OC)OC)C(CC(OC)C1C(=O)N(CCCN(C)C)C(=O)C1CC(OC)C(C(=O)NCCCN(C)C)C(CC(OC)C1C(=O)OC(=O)C1C)C(=O)O)C(=O)O. The Morgan fingerprint density at radius 3 is 1.57 bits per heavy atom. The number of carbonyl (C=O) groups is 12. The second-order valence-electron chi connectivity index (χ2n) is 24.4. The molecule has 95 heavy (non-hydrogen) atoms. The van der Waals surface area contributed by atoms with E-state index in [4.69, 9.17) is 42.6 Å². The van der Waals surface area contributed by atoms with E-state index in [0.29, 0.717) is 25.1 Å². The van der Waals surface area contributed by atoms with Crippen LogP contribution in [0, 0.1) is 66.1 Å².